The minimum Gasteiger partial charge on any atom is -0.341 e. The van der Waals surface area contributed by atoms with Crippen LogP contribution in [0.3, 0.4) is 0 Å². The van der Waals surface area contributed by atoms with Gasteiger partial charge in [0, 0.05) is 25.6 Å². The molecule has 3 nitrogen and oxygen atoms in total. The number of likely N-dealkylation sites (N-methyl/N-ethyl adjacent to an activating group) is 1. The second-order valence-corrected chi connectivity index (χ2v) is 5.13. The zero-order valence-corrected chi connectivity index (χ0v) is 11.5. The van der Waals surface area contributed by atoms with E-state index in [-0.39, 0.29) is 0 Å². The summed E-state index contributed by atoms with van der Waals surface area (Å²) in [7, 11) is 1.99. The van der Waals surface area contributed by atoms with Crippen molar-refractivity contribution in [3.05, 3.63) is 0 Å². The van der Waals surface area contributed by atoms with Crippen LogP contribution in [-0.4, -0.2) is 37.0 Å². The molecule has 1 aliphatic heterocycles. The van der Waals surface area contributed by atoms with Crippen molar-refractivity contribution in [1.82, 2.24) is 10.2 Å². The van der Waals surface area contributed by atoms with E-state index in [4.69, 9.17) is 0 Å². The molecule has 1 atom stereocenters. The summed E-state index contributed by atoms with van der Waals surface area (Å²) in [6.07, 6.45) is 9.24. The van der Waals surface area contributed by atoms with Gasteiger partial charge in [-0.3, -0.25) is 4.79 Å². The molecule has 0 radical (unpaired) electrons. The van der Waals surface area contributed by atoms with E-state index in [0.717, 1.165) is 32.4 Å². The van der Waals surface area contributed by atoms with Gasteiger partial charge in [-0.25, -0.2) is 0 Å². The molecule has 1 N–H and O–H groups in total. The summed E-state index contributed by atoms with van der Waals surface area (Å²) in [6.45, 7) is 4.09. The Hall–Kier alpha value is -0.570. The number of rotatable bonds is 7. The van der Waals surface area contributed by atoms with Gasteiger partial charge in [-0.05, 0) is 26.3 Å². The molecular formula is C14H28N2O. The quantitative estimate of drug-likeness (QED) is 0.694. The van der Waals surface area contributed by atoms with E-state index in [1.54, 1.807) is 0 Å². The van der Waals surface area contributed by atoms with Gasteiger partial charge in [-0.2, -0.15) is 0 Å². The standard InChI is InChI=1S/C14H28N2O/c1-3-4-5-6-7-10-14(17)16-11-8-9-13(12-16)15-2/h13,15H,3-12H2,1-2H3. The van der Waals surface area contributed by atoms with Crippen LogP contribution >= 0.6 is 0 Å². The number of nitrogens with one attached hydrogen (secondary N) is 1. The molecule has 1 heterocycles. The Bertz CT molecular complexity index is 218. The van der Waals surface area contributed by atoms with Crippen LogP contribution in [0.15, 0.2) is 0 Å². The number of carbonyl (C=O) groups excluding carboxylic acids is 1. The fraction of sp³-hybridized carbons (Fsp3) is 0.929. The predicted octanol–water partition coefficient (Wildman–Crippen LogP) is 2.56. The lowest BCUT2D eigenvalue weighted by Gasteiger charge is -2.32. The zero-order chi connectivity index (χ0) is 12.5. The fourth-order valence-corrected chi connectivity index (χ4v) is 2.48. The summed E-state index contributed by atoms with van der Waals surface area (Å²) in [6, 6.07) is 0.507. The third-order valence-electron chi connectivity index (χ3n) is 3.68. The van der Waals surface area contributed by atoms with E-state index in [2.05, 4.69) is 12.2 Å². The Balaban J connectivity index is 2.14. The van der Waals surface area contributed by atoms with E-state index in [9.17, 15) is 4.79 Å². The average Bonchev–Trinajstić information content (AvgIpc) is 2.38. The van der Waals surface area contributed by atoms with Crippen LogP contribution in [0.25, 0.3) is 0 Å². The Morgan fingerprint density at radius 1 is 1.29 bits per heavy atom. The molecular weight excluding hydrogens is 212 g/mol. The first kappa shape index (κ1) is 14.5. The second kappa shape index (κ2) is 8.51. The van der Waals surface area contributed by atoms with E-state index in [0.29, 0.717) is 11.9 Å². The van der Waals surface area contributed by atoms with Crippen LogP contribution in [-0.2, 0) is 4.79 Å². The Kier molecular flexibility index (Phi) is 7.25. The SMILES string of the molecule is CCCCCCCC(=O)N1CCCC(NC)C1. The number of piperidine rings is 1. The van der Waals surface area contributed by atoms with Crippen LogP contribution in [0.1, 0.15) is 58.3 Å². The molecule has 1 fully saturated rings. The number of unbranched alkanes of at least 4 members (excludes halogenated alkanes) is 4. The van der Waals surface area contributed by atoms with Gasteiger partial charge in [0.05, 0.1) is 0 Å². The maximum atomic E-state index is 12.0. The topological polar surface area (TPSA) is 32.3 Å². The van der Waals surface area contributed by atoms with Gasteiger partial charge in [0.25, 0.3) is 0 Å². The highest BCUT2D eigenvalue weighted by Gasteiger charge is 2.21. The van der Waals surface area contributed by atoms with Crippen molar-refractivity contribution in [2.75, 3.05) is 20.1 Å². The Morgan fingerprint density at radius 3 is 2.76 bits per heavy atom. The van der Waals surface area contributed by atoms with Crippen molar-refractivity contribution in [3.8, 4) is 0 Å². The summed E-state index contributed by atoms with van der Waals surface area (Å²) in [5, 5.41) is 3.28. The van der Waals surface area contributed by atoms with Gasteiger partial charge in [-0.15, -0.1) is 0 Å². The highest BCUT2D eigenvalue weighted by atomic mass is 16.2. The highest BCUT2D eigenvalue weighted by molar-refractivity contribution is 5.76. The van der Waals surface area contributed by atoms with Gasteiger partial charge in [0.15, 0.2) is 0 Å². The van der Waals surface area contributed by atoms with Crippen molar-refractivity contribution in [2.45, 2.75) is 64.3 Å². The van der Waals surface area contributed by atoms with Crippen LogP contribution in [0.4, 0.5) is 0 Å². The van der Waals surface area contributed by atoms with E-state index >= 15 is 0 Å². The minimum absolute atomic E-state index is 0.362. The largest absolute Gasteiger partial charge is 0.341 e. The first-order valence-corrected chi connectivity index (χ1v) is 7.23. The van der Waals surface area contributed by atoms with Crippen LogP contribution in [0.2, 0.25) is 0 Å². The third-order valence-corrected chi connectivity index (χ3v) is 3.68. The van der Waals surface area contributed by atoms with E-state index in [1.165, 1.54) is 32.1 Å². The van der Waals surface area contributed by atoms with Gasteiger partial charge < -0.3 is 10.2 Å². The smallest absolute Gasteiger partial charge is 0.222 e. The average molecular weight is 240 g/mol. The van der Waals surface area contributed by atoms with E-state index in [1.807, 2.05) is 11.9 Å². The van der Waals surface area contributed by atoms with Gasteiger partial charge in [-0.1, -0.05) is 32.6 Å². The molecule has 0 aromatic carbocycles. The molecule has 1 rings (SSSR count). The summed E-state index contributed by atoms with van der Waals surface area (Å²) in [5.41, 5.74) is 0. The van der Waals surface area contributed by atoms with Crippen molar-refractivity contribution in [2.24, 2.45) is 0 Å². The third kappa shape index (κ3) is 5.53. The monoisotopic (exact) mass is 240 g/mol. The molecule has 1 amide bonds. The highest BCUT2D eigenvalue weighted by Crippen LogP contribution is 2.13. The molecule has 1 unspecified atom stereocenters. The molecule has 0 aliphatic carbocycles. The maximum Gasteiger partial charge on any atom is 0.222 e. The molecule has 17 heavy (non-hydrogen) atoms. The maximum absolute atomic E-state index is 12.0. The summed E-state index contributed by atoms with van der Waals surface area (Å²) in [4.78, 5) is 14.0. The number of hydrogen-bond acceptors (Lipinski definition) is 2. The molecule has 0 saturated carbocycles. The van der Waals surface area contributed by atoms with Gasteiger partial charge in [0.2, 0.25) is 5.91 Å². The molecule has 0 aromatic heterocycles. The van der Waals surface area contributed by atoms with Crippen molar-refractivity contribution in [3.63, 3.8) is 0 Å². The first-order chi connectivity index (χ1) is 8.27. The molecule has 3 heteroatoms. The van der Waals surface area contributed by atoms with Crippen LogP contribution in [0.5, 0.6) is 0 Å². The molecule has 1 saturated heterocycles. The number of amides is 1. The van der Waals surface area contributed by atoms with Crippen LogP contribution < -0.4 is 5.32 Å². The van der Waals surface area contributed by atoms with Crippen LogP contribution in [0, 0.1) is 0 Å². The number of hydrogen-bond donors (Lipinski definition) is 1. The Morgan fingerprint density at radius 2 is 2.06 bits per heavy atom. The number of carbonyl (C=O) groups is 1. The van der Waals surface area contributed by atoms with Gasteiger partial charge in [0.1, 0.15) is 0 Å². The molecule has 0 spiro atoms. The van der Waals surface area contributed by atoms with E-state index < -0.39 is 0 Å². The lowest BCUT2D eigenvalue weighted by atomic mass is 10.0. The summed E-state index contributed by atoms with van der Waals surface area (Å²) >= 11 is 0. The van der Waals surface area contributed by atoms with Crippen molar-refractivity contribution >= 4 is 5.91 Å². The number of likely N-dealkylation sites (tertiary alicyclic amines) is 1. The molecule has 0 bridgehead atoms. The lowest BCUT2D eigenvalue weighted by molar-refractivity contribution is -0.132. The molecule has 100 valence electrons. The normalized spacial score (nSPS) is 20.6. The first-order valence-electron chi connectivity index (χ1n) is 7.23. The predicted molar refractivity (Wildman–Crippen MR) is 72.0 cm³/mol. The second-order valence-electron chi connectivity index (χ2n) is 5.13. The fourth-order valence-electron chi connectivity index (χ4n) is 2.48. The summed E-state index contributed by atoms with van der Waals surface area (Å²) in [5.74, 6) is 0.362. The van der Waals surface area contributed by atoms with Crippen molar-refractivity contribution < 1.29 is 4.79 Å². The Labute approximate surface area is 106 Å². The van der Waals surface area contributed by atoms with Gasteiger partial charge >= 0.3 is 0 Å². The summed E-state index contributed by atoms with van der Waals surface area (Å²) < 4.78 is 0. The lowest BCUT2D eigenvalue weighted by Crippen LogP contribution is -2.46. The zero-order valence-electron chi connectivity index (χ0n) is 11.5. The number of nitrogens with zero attached hydrogens (tertiary/aromatic N) is 1. The molecule has 1 aliphatic rings. The van der Waals surface area contributed by atoms with Crippen molar-refractivity contribution in [1.29, 1.82) is 0 Å². The molecule has 0 aromatic rings. The minimum atomic E-state index is 0.362.